The van der Waals surface area contributed by atoms with E-state index < -0.39 is 4.92 Å². The fraction of sp³-hybridized carbons (Fsp3) is 0.316. The first-order valence-electron chi connectivity index (χ1n) is 8.58. The molecule has 3 rings (SSSR count). The summed E-state index contributed by atoms with van der Waals surface area (Å²) in [5.41, 5.74) is 1.45. The Kier molecular flexibility index (Phi) is 5.85. The first kappa shape index (κ1) is 18.4. The van der Waals surface area contributed by atoms with Crippen LogP contribution in [-0.2, 0) is 6.54 Å². The van der Waals surface area contributed by atoms with E-state index in [1.165, 1.54) is 34.9 Å². The number of likely N-dealkylation sites (tertiary alicyclic amines) is 1. The first-order chi connectivity index (χ1) is 12.5. The fourth-order valence-electron chi connectivity index (χ4n) is 3.16. The summed E-state index contributed by atoms with van der Waals surface area (Å²) in [6, 6.07) is 11.8. The van der Waals surface area contributed by atoms with Crippen molar-refractivity contribution in [3.05, 3.63) is 68.7 Å². The highest BCUT2D eigenvalue weighted by atomic mass is 35.5. The van der Waals surface area contributed by atoms with Crippen LogP contribution in [0.5, 0.6) is 5.75 Å². The molecule has 0 saturated carbocycles. The number of nitro groups is 1. The summed E-state index contributed by atoms with van der Waals surface area (Å²) in [5.74, 6) is -0.245. The summed E-state index contributed by atoms with van der Waals surface area (Å²) < 4.78 is 0. The molecule has 26 heavy (non-hydrogen) atoms. The van der Waals surface area contributed by atoms with Gasteiger partial charge in [0.25, 0.3) is 5.69 Å². The molecule has 2 aromatic carbocycles. The number of hydrogen-bond acceptors (Lipinski definition) is 4. The molecule has 1 aliphatic heterocycles. The van der Waals surface area contributed by atoms with Crippen LogP contribution in [0.4, 0.5) is 5.69 Å². The van der Waals surface area contributed by atoms with E-state index in [0.717, 1.165) is 37.5 Å². The minimum atomic E-state index is -0.505. The van der Waals surface area contributed by atoms with E-state index in [4.69, 9.17) is 11.6 Å². The van der Waals surface area contributed by atoms with Gasteiger partial charge in [-0.05, 0) is 17.7 Å². The van der Waals surface area contributed by atoms with Crippen LogP contribution in [0.2, 0.25) is 5.02 Å². The Morgan fingerprint density at radius 2 is 1.88 bits per heavy atom. The van der Waals surface area contributed by atoms with E-state index in [9.17, 15) is 15.2 Å². The molecule has 0 unspecified atom stereocenters. The van der Waals surface area contributed by atoms with E-state index in [1.54, 1.807) is 0 Å². The van der Waals surface area contributed by atoms with E-state index in [2.05, 4.69) is 17.1 Å². The number of hydrogen-bond donors (Lipinski definition) is 1. The number of nitro benzene ring substituents is 1. The Morgan fingerprint density at radius 1 is 1.19 bits per heavy atom. The van der Waals surface area contributed by atoms with Crippen molar-refractivity contribution in [3.63, 3.8) is 0 Å². The van der Waals surface area contributed by atoms with Crippen molar-refractivity contribution < 1.29 is 14.9 Å². The molecular formula is C19H20ClN3O3. The van der Waals surface area contributed by atoms with E-state index in [1.807, 2.05) is 12.1 Å². The second-order valence-corrected chi connectivity index (χ2v) is 6.98. The van der Waals surface area contributed by atoms with Gasteiger partial charge in [-0.15, -0.1) is 0 Å². The van der Waals surface area contributed by atoms with Crippen LogP contribution in [0, 0.1) is 10.1 Å². The minimum absolute atomic E-state index is 0.0896. The molecule has 0 amide bonds. The van der Waals surface area contributed by atoms with Gasteiger partial charge < -0.3 is 10.0 Å². The maximum Gasteiger partial charge on any atom is 0.270 e. The monoisotopic (exact) mass is 373 g/mol. The third kappa shape index (κ3) is 4.80. The zero-order chi connectivity index (χ0) is 18.5. The summed E-state index contributed by atoms with van der Waals surface area (Å²) >= 11 is 5.91. The van der Waals surface area contributed by atoms with E-state index in [-0.39, 0.29) is 23.0 Å². The lowest BCUT2D eigenvalue weighted by molar-refractivity contribution is -0.918. The van der Waals surface area contributed by atoms with Crippen LogP contribution in [0.25, 0.3) is 0 Å². The van der Waals surface area contributed by atoms with Gasteiger partial charge >= 0.3 is 0 Å². The highest BCUT2D eigenvalue weighted by Gasteiger charge is 2.21. The number of aliphatic imine (C=N–C) groups is 1. The highest BCUT2D eigenvalue weighted by Crippen LogP contribution is 2.19. The lowest BCUT2D eigenvalue weighted by atomic mass is 10.0. The number of nitrogens with zero attached hydrogens (tertiary/aromatic N) is 2. The maximum absolute atomic E-state index is 11.8. The van der Waals surface area contributed by atoms with Gasteiger partial charge in [0.15, 0.2) is 0 Å². The van der Waals surface area contributed by atoms with Gasteiger partial charge in [0.1, 0.15) is 6.54 Å². The lowest BCUT2D eigenvalue weighted by Gasteiger charge is -2.27. The molecule has 0 bridgehead atoms. The Bertz CT molecular complexity index is 800. The molecule has 0 aromatic heterocycles. The molecule has 0 spiro atoms. The Hall–Kier alpha value is -2.44. The van der Waals surface area contributed by atoms with Crippen molar-refractivity contribution in [2.75, 3.05) is 13.1 Å². The van der Waals surface area contributed by atoms with Crippen molar-refractivity contribution in [2.45, 2.75) is 25.4 Å². The summed E-state index contributed by atoms with van der Waals surface area (Å²) in [4.78, 5) is 16.3. The predicted molar refractivity (Wildman–Crippen MR) is 99.0 cm³/mol. The largest absolute Gasteiger partial charge is 0.872 e. The average Bonchev–Trinajstić information content (AvgIpc) is 2.64. The molecular weight excluding hydrogens is 354 g/mol. The smallest absolute Gasteiger partial charge is 0.270 e. The van der Waals surface area contributed by atoms with Gasteiger partial charge in [-0.25, -0.2) is 0 Å². The van der Waals surface area contributed by atoms with Crippen molar-refractivity contribution in [1.82, 2.24) is 0 Å². The SMILES string of the molecule is O=[N+]([O-])c1ccc([O-])c(C=NC2CC[NH+](Cc3ccc(Cl)cc3)CC2)c1. The first-order valence-corrected chi connectivity index (χ1v) is 8.96. The third-order valence-corrected chi connectivity index (χ3v) is 4.91. The van der Waals surface area contributed by atoms with Gasteiger partial charge in [-0.3, -0.25) is 15.1 Å². The van der Waals surface area contributed by atoms with Crippen molar-refractivity contribution in [3.8, 4) is 5.75 Å². The second kappa shape index (κ2) is 8.29. The summed E-state index contributed by atoms with van der Waals surface area (Å²) in [5, 5.41) is 23.4. The van der Waals surface area contributed by atoms with Gasteiger partial charge in [-0.1, -0.05) is 35.5 Å². The summed E-state index contributed by atoms with van der Waals surface area (Å²) in [7, 11) is 0. The van der Waals surface area contributed by atoms with Gasteiger partial charge in [0.05, 0.1) is 24.1 Å². The Balaban J connectivity index is 1.55. The molecule has 1 aliphatic rings. The molecule has 0 atom stereocenters. The van der Waals surface area contributed by atoms with Crippen LogP contribution in [0.15, 0.2) is 47.5 Å². The molecule has 1 fully saturated rings. The molecule has 0 radical (unpaired) electrons. The molecule has 1 heterocycles. The van der Waals surface area contributed by atoms with Crippen molar-refractivity contribution in [1.29, 1.82) is 0 Å². The lowest BCUT2D eigenvalue weighted by Crippen LogP contribution is -3.12. The molecule has 0 aliphatic carbocycles. The van der Waals surface area contributed by atoms with E-state index >= 15 is 0 Å². The number of halogens is 1. The van der Waals surface area contributed by atoms with Crippen molar-refractivity contribution in [2.24, 2.45) is 4.99 Å². The molecule has 6 nitrogen and oxygen atoms in total. The van der Waals surface area contributed by atoms with Gasteiger partial charge in [0, 0.05) is 41.8 Å². The van der Waals surface area contributed by atoms with Crippen LogP contribution in [0.3, 0.4) is 0 Å². The zero-order valence-electron chi connectivity index (χ0n) is 14.2. The minimum Gasteiger partial charge on any atom is -0.872 e. The van der Waals surface area contributed by atoms with Crippen LogP contribution < -0.4 is 10.0 Å². The summed E-state index contributed by atoms with van der Waals surface area (Å²) in [6.45, 7) is 2.97. The second-order valence-electron chi connectivity index (χ2n) is 6.54. The molecule has 7 heteroatoms. The highest BCUT2D eigenvalue weighted by molar-refractivity contribution is 6.30. The average molecular weight is 374 g/mol. The van der Waals surface area contributed by atoms with Gasteiger partial charge in [0.2, 0.25) is 0 Å². The van der Waals surface area contributed by atoms with Crippen LogP contribution >= 0.6 is 11.6 Å². The number of piperidine rings is 1. The number of benzene rings is 2. The van der Waals surface area contributed by atoms with Crippen LogP contribution in [-0.4, -0.2) is 30.3 Å². The Labute approximate surface area is 156 Å². The quantitative estimate of drug-likeness (QED) is 0.494. The molecule has 1 N–H and O–H groups in total. The number of quaternary nitrogens is 1. The topological polar surface area (TPSA) is 83.0 Å². The van der Waals surface area contributed by atoms with Crippen LogP contribution in [0.1, 0.15) is 24.0 Å². The molecule has 2 aromatic rings. The number of nitrogens with one attached hydrogen (secondary N) is 1. The predicted octanol–water partition coefficient (Wildman–Crippen LogP) is 1.99. The zero-order valence-corrected chi connectivity index (χ0v) is 15.0. The maximum atomic E-state index is 11.8. The standard InChI is InChI=1S/C19H20ClN3O3/c20-16-3-1-14(2-4-16)13-22-9-7-17(8-10-22)21-12-15-11-18(23(25)26)5-6-19(15)24/h1-6,11-12,17,24H,7-10,13H2. The molecule has 1 saturated heterocycles. The fourth-order valence-corrected chi connectivity index (χ4v) is 3.29. The summed E-state index contributed by atoms with van der Waals surface area (Å²) in [6.07, 6.45) is 3.36. The molecule has 136 valence electrons. The Morgan fingerprint density at radius 3 is 2.54 bits per heavy atom. The van der Waals surface area contributed by atoms with Gasteiger partial charge in [-0.2, -0.15) is 0 Å². The third-order valence-electron chi connectivity index (χ3n) is 4.66. The normalized spacial score (nSPS) is 20.3. The van der Waals surface area contributed by atoms with E-state index in [0.29, 0.717) is 0 Å². The van der Waals surface area contributed by atoms with Crippen molar-refractivity contribution >= 4 is 23.5 Å². The number of rotatable bonds is 5. The number of non-ortho nitro benzene ring substituents is 1.